The molecule has 2 aromatic rings. The maximum Gasteiger partial charge on any atom is 0.251 e. The highest BCUT2D eigenvalue weighted by Crippen LogP contribution is 2.34. The van der Waals surface area contributed by atoms with Crippen LogP contribution in [0.4, 0.5) is 0 Å². The molecular weight excluding hydrogens is 354 g/mol. The number of fused-ring (bicyclic) bond motifs is 2. The standard InChI is InChI=1S/C19H17NO5S/c21-18-14-5-1-2-6-16(14)26(23,24)17-10-12(7-8-15(17)18)19(22)20-11-13-4-3-9-25-13/h1-2,5-8,10,13H,3-4,9,11H2,(H,20,22)/t13-/m0/s1. The first-order valence-electron chi connectivity index (χ1n) is 8.41. The molecule has 6 nitrogen and oxygen atoms in total. The average molecular weight is 371 g/mol. The van der Waals surface area contributed by atoms with Crippen molar-refractivity contribution in [2.24, 2.45) is 0 Å². The SMILES string of the molecule is O=C(NC[C@@H]1CCCO1)c1ccc2c(c1)S(=O)(=O)c1ccccc1C2=O. The summed E-state index contributed by atoms with van der Waals surface area (Å²) in [6.07, 6.45) is 1.86. The zero-order chi connectivity index (χ0) is 18.3. The fourth-order valence-electron chi connectivity index (χ4n) is 3.34. The molecule has 1 N–H and O–H groups in total. The second-order valence-corrected chi connectivity index (χ2v) is 8.27. The van der Waals surface area contributed by atoms with E-state index in [1.165, 1.54) is 30.3 Å². The van der Waals surface area contributed by atoms with Crippen molar-refractivity contribution in [1.82, 2.24) is 5.32 Å². The molecule has 4 rings (SSSR count). The number of sulfone groups is 1. The van der Waals surface area contributed by atoms with Gasteiger partial charge in [0.15, 0.2) is 5.78 Å². The smallest absolute Gasteiger partial charge is 0.251 e. The van der Waals surface area contributed by atoms with Crippen molar-refractivity contribution in [2.45, 2.75) is 28.7 Å². The second-order valence-electron chi connectivity index (χ2n) is 6.38. The van der Waals surface area contributed by atoms with E-state index in [4.69, 9.17) is 4.74 Å². The predicted molar refractivity (Wildman–Crippen MR) is 93.1 cm³/mol. The van der Waals surface area contributed by atoms with Crippen LogP contribution >= 0.6 is 0 Å². The monoisotopic (exact) mass is 371 g/mol. The Kier molecular flexibility index (Phi) is 4.13. The highest BCUT2D eigenvalue weighted by atomic mass is 32.2. The number of ether oxygens (including phenoxy) is 1. The van der Waals surface area contributed by atoms with Crippen LogP contribution < -0.4 is 5.32 Å². The summed E-state index contributed by atoms with van der Waals surface area (Å²) < 4.78 is 31.2. The first-order chi connectivity index (χ1) is 12.5. The zero-order valence-electron chi connectivity index (χ0n) is 13.9. The van der Waals surface area contributed by atoms with Gasteiger partial charge in [-0.05, 0) is 43.2 Å². The average Bonchev–Trinajstić information content (AvgIpc) is 3.18. The fourth-order valence-corrected chi connectivity index (χ4v) is 5.02. The van der Waals surface area contributed by atoms with Crippen LogP contribution in [0.1, 0.15) is 39.1 Å². The molecule has 2 aromatic carbocycles. The van der Waals surface area contributed by atoms with Crippen LogP contribution in [-0.2, 0) is 14.6 Å². The molecule has 2 heterocycles. The van der Waals surface area contributed by atoms with E-state index in [0.717, 1.165) is 12.8 Å². The van der Waals surface area contributed by atoms with E-state index >= 15 is 0 Å². The molecule has 0 spiro atoms. The van der Waals surface area contributed by atoms with Gasteiger partial charge >= 0.3 is 0 Å². The van der Waals surface area contributed by atoms with E-state index in [0.29, 0.717) is 13.2 Å². The molecule has 26 heavy (non-hydrogen) atoms. The Bertz CT molecular complexity index is 1010. The van der Waals surface area contributed by atoms with Crippen molar-refractivity contribution in [1.29, 1.82) is 0 Å². The van der Waals surface area contributed by atoms with Gasteiger partial charge in [-0.15, -0.1) is 0 Å². The van der Waals surface area contributed by atoms with Gasteiger partial charge < -0.3 is 10.1 Å². The number of hydrogen-bond donors (Lipinski definition) is 1. The number of carbonyl (C=O) groups is 2. The van der Waals surface area contributed by atoms with Gasteiger partial charge in [0.2, 0.25) is 9.84 Å². The van der Waals surface area contributed by atoms with Gasteiger partial charge in [-0.3, -0.25) is 9.59 Å². The lowest BCUT2D eigenvalue weighted by molar-refractivity contribution is 0.0857. The van der Waals surface area contributed by atoms with Crippen LogP contribution in [0.25, 0.3) is 0 Å². The molecule has 0 unspecified atom stereocenters. The molecule has 2 aliphatic rings. The largest absolute Gasteiger partial charge is 0.376 e. The summed E-state index contributed by atoms with van der Waals surface area (Å²) in [4.78, 5) is 24.8. The first kappa shape index (κ1) is 16.9. The Hall–Kier alpha value is -2.51. The highest BCUT2D eigenvalue weighted by molar-refractivity contribution is 7.91. The van der Waals surface area contributed by atoms with Gasteiger partial charge in [0.1, 0.15) is 0 Å². The van der Waals surface area contributed by atoms with Crippen LogP contribution in [0.15, 0.2) is 52.3 Å². The fraction of sp³-hybridized carbons (Fsp3) is 0.263. The van der Waals surface area contributed by atoms with Crippen molar-refractivity contribution < 1.29 is 22.7 Å². The molecule has 1 fully saturated rings. The van der Waals surface area contributed by atoms with Crippen LogP contribution in [-0.4, -0.2) is 39.4 Å². The Morgan fingerprint density at radius 3 is 2.65 bits per heavy atom. The van der Waals surface area contributed by atoms with E-state index in [9.17, 15) is 18.0 Å². The first-order valence-corrected chi connectivity index (χ1v) is 9.89. The van der Waals surface area contributed by atoms with Crippen LogP contribution in [0, 0.1) is 0 Å². The molecule has 1 amide bonds. The topological polar surface area (TPSA) is 89.5 Å². The molecule has 0 saturated carbocycles. The minimum Gasteiger partial charge on any atom is -0.376 e. The molecule has 2 aliphatic heterocycles. The molecule has 134 valence electrons. The molecule has 0 bridgehead atoms. The van der Waals surface area contributed by atoms with Crippen molar-refractivity contribution in [2.75, 3.05) is 13.2 Å². The molecule has 0 aromatic heterocycles. The van der Waals surface area contributed by atoms with Crippen molar-refractivity contribution >= 4 is 21.5 Å². The third kappa shape index (κ3) is 2.73. The Balaban J connectivity index is 1.67. The molecular formula is C19H17NO5S. The lowest BCUT2D eigenvalue weighted by Gasteiger charge is -2.19. The highest BCUT2D eigenvalue weighted by Gasteiger charge is 2.35. The summed E-state index contributed by atoms with van der Waals surface area (Å²) in [6, 6.07) is 10.3. The van der Waals surface area contributed by atoms with Crippen LogP contribution in [0.3, 0.4) is 0 Å². The van der Waals surface area contributed by atoms with Crippen LogP contribution in [0.5, 0.6) is 0 Å². The number of ketones is 1. The number of benzene rings is 2. The number of amides is 1. The van der Waals surface area contributed by atoms with E-state index in [2.05, 4.69) is 5.32 Å². The summed E-state index contributed by atoms with van der Waals surface area (Å²) in [5.41, 5.74) is 0.465. The summed E-state index contributed by atoms with van der Waals surface area (Å²) in [6.45, 7) is 1.07. The summed E-state index contributed by atoms with van der Waals surface area (Å²) >= 11 is 0. The Labute approximate surface area is 151 Å². The van der Waals surface area contributed by atoms with E-state index in [1.54, 1.807) is 12.1 Å². The third-order valence-electron chi connectivity index (χ3n) is 4.71. The normalized spacial score (nSPS) is 20.3. The van der Waals surface area contributed by atoms with Gasteiger partial charge in [0.25, 0.3) is 5.91 Å². The number of nitrogens with one attached hydrogen (secondary N) is 1. The summed E-state index contributed by atoms with van der Waals surface area (Å²) in [5, 5.41) is 2.76. The Morgan fingerprint density at radius 2 is 1.88 bits per heavy atom. The summed E-state index contributed by atoms with van der Waals surface area (Å²) in [7, 11) is -3.85. The molecule has 1 saturated heterocycles. The van der Waals surface area contributed by atoms with Gasteiger partial charge in [0.05, 0.1) is 15.9 Å². The molecule has 0 radical (unpaired) electrons. The Morgan fingerprint density at radius 1 is 1.12 bits per heavy atom. The van der Waals surface area contributed by atoms with Crippen molar-refractivity contribution in [3.8, 4) is 0 Å². The lowest BCUT2D eigenvalue weighted by atomic mass is 10.0. The quantitative estimate of drug-likeness (QED) is 0.760. The molecule has 1 atom stereocenters. The van der Waals surface area contributed by atoms with Crippen LogP contribution in [0.2, 0.25) is 0 Å². The van der Waals surface area contributed by atoms with Gasteiger partial charge in [0, 0.05) is 29.8 Å². The summed E-state index contributed by atoms with van der Waals surface area (Å²) in [5.74, 6) is -0.735. The molecule has 7 heteroatoms. The second kappa shape index (κ2) is 6.34. The minimum atomic E-state index is -3.85. The van der Waals surface area contributed by atoms with Crippen molar-refractivity contribution in [3.63, 3.8) is 0 Å². The maximum atomic E-state index is 12.9. The van der Waals surface area contributed by atoms with E-state index in [-0.39, 0.29) is 44.3 Å². The van der Waals surface area contributed by atoms with E-state index in [1.807, 2.05) is 0 Å². The third-order valence-corrected chi connectivity index (χ3v) is 6.57. The molecule has 0 aliphatic carbocycles. The van der Waals surface area contributed by atoms with E-state index < -0.39 is 9.84 Å². The van der Waals surface area contributed by atoms with Crippen molar-refractivity contribution in [3.05, 3.63) is 59.2 Å². The lowest BCUT2D eigenvalue weighted by Crippen LogP contribution is -2.32. The zero-order valence-corrected chi connectivity index (χ0v) is 14.7. The maximum absolute atomic E-state index is 12.9. The van der Waals surface area contributed by atoms with Gasteiger partial charge in [-0.2, -0.15) is 0 Å². The minimum absolute atomic E-state index is 0.00577. The number of hydrogen-bond acceptors (Lipinski definition) is 5. The van der Waals surface area contributed by atoms with Gasteiger partial charge in [-0.25, -0.2) is 8.42 Å². The van der Waals surface area contributed by atoms with Gasteiger partial charge in [-0.1, -0.05) is 12.1 Å². The number of carbonyl (C=O) groups excluding carboxylic acids is 2. The number of rotatable bonds is 3. The predicted octanol–water partition coefficient (Wildman–Crippen LogP) is 1.97.